The minimum Gasteiger partial charge on any atom is -0.374 e. The zero-order chi connectivity index (χ0) is 24.0. The van der Waals surface area contributed by atoms with E-state index in [2.05, 4.69) is 37.8 Å². The van der Waals surface area contributed by atoms with Gasteiger partial charge in [-0.25, -0.2) is 0 Å². The Balaban J connectivity index is 1.52. The topological polar surface area (TPSA) is 46.2 Å². The molecule has 0 spiro atoms. The number of rotatable bonds is 9. The van der Waals surface area contributed by atoms with Crippen LogP contribution in [0.2, 0.25) is 0 Å². The molecule has 5 nitrogen and oxygen atoms in total. The predicted molar refractivity (Wildman–Crippen MR) is 132 cm³/mol. The van der Waals surface area contributed by atoms with Crippen LogP contribution in [0.1, 0.15) is 38.3 Å². The van der Waals surface area contributed by atoms with Crippen LogP contribution in [0.4, 0.5) is 0 Å². The molecule has 0 bridgehead atoms. The second-order valence-electron chi connectivity index (χ2n) is 9.58. The number of hydrogen-bond acceptors (Lipinski definition) is 5. The van der Waals surface area contributed by atoms with Crippen molar-refractivity contribution in [2.45, 2.75) is 76.2 Å². The fraction of sp³-hybridized carbons (Fsp3) is 0.448. The van der Waals surface area contributed by atoms with Crippen LogP contribution >= 0.6 is 0 Å². The molecule has 0 aliphatic carbocycles. The number of allylic oxidation sites excluding steroid dienone is 2. The Morgan fingerprint density at radius 1 is 0.912 bits per heavy atom. The number of fused-ring (bicyclic) bond motifs is 1. The minimum atomic E-state index is -0.732. The Morgan fingerprint density at radius 3 is 2.21 bits per heavy atom. The lowest BCUT2D eigenvalue weighted by molar-refractivity contribution is -0.388. The van der Waals surface area contributed by atoms with E-state index in [4.69, 9.17) is 23.7 Å². The average molecular weight is 465 g/mol. The van der Waals surface area contributed by atoms with E-state index >= 15 is 0 Å². The Labute approximate surface area is 203 Å². The molecule has 2 aliphatic rings. The van der Waals surface area contributed by atoms with E-state index in [1.807, 2.05) is 62.4 Å². The summed E-state index contributed by atoms with van der Waals surface area (Å²) in [6.07, 6.45) is 5.42. The summed E-state index contributed by atoms with van der Waals surface area (Å²) < 4.78 is 31.9. The standard InChI is InChI=1S/C29H36O5/c1-5-6-17-26-29(4)27(34-28(2,3)33-26)18-24(31-20-23-15-11-8-12-16-23)25(32-29)21-30-19-22-13-9-7-10-14-22/h5-17,24-27H,1,18-21H2,2-4H3/b17-6+/t24-,25+,26-,27+,29-/m1/s1. The number of hydrogen-bond donors (Lipinski definition) is 0. The molecule has 182 valence electrons. The summed E-state index contributed by atoms with van der Waals surface area (Å²) in [5.41, 5.74) is 1.57. The van der Waals surface area contributed by atoms with Crippen molar-refractivity contribution in [3.63, 3.8) is 0 Å². The monoisotopic (exact) mass is 464 g/mol. The van der Waals surface area contributed by atoms with Crippen molar-refractivity contribution >= 4 is 0 Å². The second kappa shape index (κ2) is 11.0. The highest BCUT2D eigenvalue weighted by Gasteiger charge is 2.57. The van der Waals surface area contributed by atoms with Crippen LogP contribution in [0, 0.1) is 0 Å². The third-order valence-corrected chi connectivity index (χ3v) is 6.43. The predicted octanol–water partition coefficient (Wildman–Crippen LogP) is 5.60. The molecule has 2 saturated heterocycles. The van der Waals surface area contributed by atoms with Gasteiger partial charge in [0, 0.05) is 6.42 Å². The SMILES string of the molecule is C=C/C=C/[C@H]1OC(C)(C)O[C@H]2C[C@@H](OCc3ccccc3)[C@H](COCc3ccccc3)O[C@@]21C. The minimum absolute atomic E-state index is 0.174. The summed E-state index contributed by atoms with van der Waals surface area (Å²) in [5, 5.41) is 0. The number of benzene rings is 2. The molecule has 5 heteroatoms. The quantitative estimate of drug-likeness (QED) is 0.452. The maximum atomic E-state index is 6.73. The van der Waals surface area contributed by atoms with Gasteiger partial charge in [-0.1, -0.05) is 85.5 Å². The van der Waals surface area contributed by atoms with Gasteiger partial charge in [-0.2, -0.15) is 0 Å². The first-order chi connectivity index (χ1) is 16.4. The van der Waals surface area contributed by atoms with E-state index in [0.29, 0.717) is 26.2 Å². The van der Waals surface area contributed by atoms with Gasteiger partial charge in [-0.05, 0) is 31.9 Å². The van der Waals surface area contributed by atoms with E-state index in [9.17, 15) is 0 Å². The Morgan fingerprint density at radius 2 is 1.56 bits per heavy atom. The Bertz CT molecular complexity index is 942. The van der Waals surface area contributed by atoms with Crippen LogP contribution in [0.15, 0.2) is 85.5 Å². The Kier molecular flexibility index (Phi) is 8.02. The zero-order valence-corrected chi connectivity index (χ0v) is 20.4. The second-order valence-corrected chi connectivity index (χ2v) is 9.58. The van der Waals surface area contributed by atoms with Crippen LogP contribution in [0.25, 0.3) is 0 Å². The van der Waals surface area contributed by atoms with Crippen LogP contribution in [-0.4, -0.2) is 42.4 Å². The van der Waals surface area contributed by atoms with Crippen molar-refractivity contribution in [1.82, 2.24) is 0 Å². The Hall–Kier alpha value is -2.28. The molecule has 2 fully saturated rings. The van der Waals surface area contributed by atoms with Gasteiger partial charge in [-0.15, -0.1) is 0 Å². The molecule has 2 aromatic carbocycles. The first-order valence-electron chi connectivity index (χ1n) is 12.0. The van der Waals surface area contributed by atoms with Gasteiger partial charge in [0.05, 0.1) is 32.0 Å². The van der Waals surface area contributed by atoms with Crippen molar-refractivity contribution in [3.05, 3.63) is 96.6 Å². The van der Waals surface area contributed by atoms with Gasteiger partial charge in [0.2, 0.25) is 0 Å². The molecule has 2 aliphatic heterocycles. The van der Waals surface area contributed by atoms with Gasteiger partial charge in [0.1, 0.15) is 17.8 Å². The largest absolute Gasteiger partial charge is 0.374 e. The van der Waals surface area contributed by atoms with Gasteiger partial charge in [-0.3, -0.25) is 0 Å². The molecular formula is C29H36O5. The molecular weight excluding hydrogens is 428 g/mol. The summed E-state index contributed by atoms with van der Waals surface area (Å²) in [6.45, 7) is 11.2. The highest BCUT2D eigenvalue weighted by atomic mass is 16.7. The summed E-state index contributed by atoms with van der Waals surface area (Å²) in [7, 11) is 0. The molecule has 0 amide bonds. The zero-order valence-electron chi connectivity index (χ0n) is 20.4. The molecule has 2 heterocycles. The lowest BCUT2D eigenvalue weighted by atomic mass is 9.82. The summed E-state index contributed by atoms with van der Waals surface area (Å²) in [5.74, 6) is -0.732. The van der Waals surface area contributed by atoms with Crippen molar-refractivity contribution < 1.29 is 23.7 Å². The highest BCUT2D eigenvalue weighted by molar-refractivity contribution is 5.16. The van der Waals surface area contributed by atoms with Crippen LogP contribution in [-0.2, 0) is 36.9 Å². The lowest BCUT2D eigenvalue weighted by Gasteiger charge is -2.56. The van der Waals surface area contributed by atoms with Crippen molar-refractivity contribution in [2.24, 2.45) is 0 Å². The van der Waals surface area contributed by atoms with Gasteiger partial charge in [0.25, 0.3) is 0 Å². The maximum Gasteiger partial charge on any atom is 0.164 e. The maximum absolute atomic E-state index is 6.73. The third-order valence-electron chi connectivity index (χ3n) is 6.43. The molecule has 0 unspecified atom stereocenters. The van der Waals surface area contributed by atoms with Crippen LogP contribution in [0.3, 0.4) is 0 Å². The molecule has 0 N–H and O–H groups in total. The van der Waals surface area contributed by atoms with Crippen LogP contribution < -0.4 is 0 Å². The average Bonchev–Trinajstić information content (AvgIpc) is 2.83. The highest BCUT2D eigenvalue weighted by Crippen LogP contribution is 2.44. The third kappa shape index (κ3) is 6.04. The summed E-state index contributed by atoms with van der Waals surface area (Å²) in [6, 6.07) is 20.3. The van der Waals surface area contributed by atoms with Crippen molar-refractivity contribution in [3.8, 4) is 0 Å². The van der Waals surface area contributed by atoms with E-state index in [1.165, 1.54) is 0 Å². The molecule has 4 rings (SSSR count). The summed E-state index contributed by atoms with van der Waals surface area (Å²) in [4.78, 5) is 0. The molecule has 0 radical (unpaired) electrons. The van der Waals surface area contributed by atoms with Crippen LogP contribution in [0.5, 0.6) is 0 Å². The van der Waals surface area contributed by atoms with Crippen molar-refractivity contribution in [1.29, 1.82) is 0 Å². The molecule has 5 atom stereocenters. The first kappa shape index (κ1) is 24.8. The van der Waals surface area contributed by atoms with E-state index in [1.54, 1.807) is 6.08 Å². The smallest absolute Gasteiger partial charge is 0.164 e. The van der Waals surface area contributed by atoms with E-state index in [0.717, 1.165) is 11.1 Å². The van der Waals surface area contributed by atoms with Gasteiger partial charge < -0.3 is 23.7 Å². The lowest BCUT2D eigenvalue weighted by Crippen LogP contribution is -2.68. The summed E-state index contributed by atoms with van der Waals surface area (Å²) >= 11 is 0. The molecule has 0 saturated carbocycles. The first-order valence-corrected chi connectivity index (χ1v) is 12.0. The molecule has 0 aromatic heterocycles. The van der Waals surface area contributed by atoms with E-state index in [-0.39, 0.29) is 24.4 Å². The van der Waals surface area contributed by atoms with Gasteiger partial charge >= 0.3 is 0 Å². The fourth-order valence-corrected chi connectivity index (χ4v) is 4.65. The molecule has 34 heavy (non-hydrogen) atoms. The number of ether oxygens (including phenoxy) is 5. The molecule has 2 aromatic rings. The van der Waals surface area contributed by atoms with E-state index < -0.39 is 11.4 Å². The fourth-order valence-electron chi connectivity index (χ4n) is 4.65. The van der Waals surface area contributed by atoms with Crippen molar-refractivity contribution in [2.75, 3.05) is 6.61 Å². The van der Waals surface area contributed by atoms with Gasteiger partial charge in [0.15, 0.2) is 5.79 Å². The normalized spacial score (nSPS) is 30.7.